The molecule has 9 heteroatoms. The van der Waals surface area contributed by atoms with Crippen molar-refractivity contribution in [2.75, 3.05) is 16.8 Å². The van der Waals surface area contributed by atoms with Gasteiger partial charge in [0.15, 0.2) is 0 Å². The van der Waals surface area contributed by atoms with Crippen LogP contribution in [0.2, 0.25) is 0 Å². The summed E-state index contributed by atoms with van der Waals surface area (Å²) in [4.78, 5) is 47.7. The summed E-state index contributed by atoms with van der Waals surface area (Å²) in [5.74, 6) is 0.914. The second-order valence-corrected chi connectivity index (χ2v) is 7.57. The molecule has 148 valence electrons. The number of imide groups is 1. The lowest BCUT2D eigenvalue weighted by Gasteiger charge is -2.25. The number of nitrogens with one attached hydrogen (secondary N) is 1. The fourth-order valence-corrected chi connectivity index (χ4v) is 4.20. The average Bonchev–Trinajstić information content (AvgIpc) is 3.35. The molecule has 1 atom stereocenters. The fourth-order valence-electron chi connectivity index (χ4n) is 3.63. The maximum atomic E-state index is 13.1. The summed E-state index contributed by atoms with van der Waals surface area (Å²) in [5.41, 5.74) is 3.24. The van der Waals surface area contributed by atoms with E-state index in [2.05, 4.69) is 15.3 Å². The number of pyridine rings is 1. The lowest BCUT2D eigenvalue weighted by atomic mass is 10.1. The van der Waals surface area contributed by atoms with Crippen LogP contribution >= 0.6 is 11.3 Å². The van der Waals surface area contributed by atoms with Gasteiger partial charge in [0, 0.05) is 35.7 Å². The molecule has 4 rings (SSSR count). The molecule has 8 nitrogen and oxygen atoms in total. The third-order valence-electron chi connectivity index (χ3n) is 5.12. The van der Waals surface area contributed by atoms with Crippen LogP contribution in [-0.4, -0.2) is 41.3 Å². The van der Waals surface area contributed by atoms with Crippen LogP contribution in [0.15, 0.2) is 35.3 Å². The molecule has 3 heterocycles. The Morgan fingerprint density at radius 2 is 2.21 bits per heavy atom. The highest BCUT2D eigenvalue weighted by Crippen LogP contribution is 2.42. The summed E-state index contributed by atoms with van der Waals surface area (Å²) < 4.78 is 0. The van der Waals surface area contributed by atoms with E-state index >= 15 is 0 Å². The molecule has 3 aromatic rings. The Kier molecular flexibility index (Phi) is 4.98. The molecule has 0 saturated carbocycles. The molecule has 1 aliphatic heterocycles. The number of aromatic nitrogens is 2. The standard InChI is InChI=1S/C20H19N5O3S/c1-12(6-7-17(27)22-10-26)25-19-18-13(4-3-5-14(18)20(25)28)15(8-21-19)24(2)16-9-29-11-23-16/h3-5,8-12H,6-7H2,1-2H3,(H,22,26,27). The highest BCUT2D eigenvalue weighted by molar-refractivity contribution is 7.07. The van der Waals surface area contributed by atoms with Gasteiger partial charge in [-0.25, -0.2) is 9.97 Å². The van der Waals surface area contributed by atoms with Gasteiger partial charge in [0.05, 0.1) is 23.0 Å². The first-order valence-corrected chi connectivity index (χ1v) is 10.1. The van der Waals surface area contributed by atoms with E-state index in [-0.39, 0.29) is 24.3 Å². The van der Waals surface area contributed by atoms with Crippen molar-refractivity contribution in [2.24, 2.45) is 0 Å². The zero-order valence-corrected chi connectivity index (χ0v) is 16.8. The van der Waals surface area contributed by atoms with E-state index in [9.17, 15) is 14.4 Å². The Balaban J connectivity index is 1.71. The number of rotatable bonds is 7. The molecular weight excluding hydrogens is 390 g/mol. The maximum absolute atomic E-state index is 13.1. The number of thiazole rings is 1. The van der Waals surface area contributed by atoms with Gasteiger partial charge in [-0.1, -0.05) is 12.1 Å². The van der Waals surface area contributed by atoms with Gasteiger partial charge >= 0.3 is 0 Å². The molecule has 0 radical (unpaired) electrons. The van der Waals surface area contributed by atoms with Crippen LogP contribution in [0.25, 0.3) is 10.8 Å². The number of nitrogens with zero attached hydrogens (tertiary/aromatic N) is 4. The van der Waals surface area contributed by atoms with Crippen LogP contribution in [-0.2, 0) is 9.59 Å². The second-order valence-electron chi connectivity index (χ2n) is 6.85. The summed E-state index contributed by atoms with van der Waals surface area (Å²) in [6.45, 7) is 1.88. The van der Waals surface area contributed by atoms with E-state index in [1.807, 2.05) is 36.4 Å². The van der Waals surface area contributed by atoms with E-state index in [1.54, 1.807) is 22.7 Å². The molecule has 2 aromatic heterocycles. The zero-order chi connectivity index (χ0) is 20.5. The van der Waals surface area contributed by atoms with E-state index in [0.717, 1.165) is 22.3 Å². The molecule has 0 saturated heterocycles. The van der Waals surface area contributed by atoms with Gasteiger partial charge in [0.25, 0.3) is 5.91 Å². The predicted molar refractivity (Wildman–Crippen MR) is 112 cm³/mol. The van der Waals surface area contributed by atoms with Gasteiger partial charge < -0.3 is 4.90 Å². The second kappa shape index (κ2) is 7.59. The number of hydrogen-bond donors (Lipinski definition) is 1. The van der Waals surface area contributed by atoms with Crippen LogP contribution in [0, 0.1) is 0 Å². The van der Waals surface area contributed by atoms with E-state index in [1.165, 1.54) is 11.3 Å². The lowest BCUT2D eigenvalue weighted by molar-refractivity contribution is -0.125. The van der Waals surface area contributed by atoms with Gasteiger partial charge in [-0.3, -0.25) is 24.6 Å². The van der Waals surface area contributed by atoms with Crippen molar-refractivity contribution in [1.29, 1.82) is 0 Å². The van der Waals surface area contributed by atoms with Crippen molar-refractivity contribution in [3.8, 4) is 0 Å². The van der Waals surface area contributed by atoms with Crippen molar-refractivity contribution < 1.29 is 14.4 Å². The molecule has 0 fully saturated rings. The molecule has 0 aliphatic carbocycles. The molecule has 1 aromatic carbocycles. The summed E-state index contributed by atoms with van der Waals surface area (Å²) in [6.07, 6.45) is 2.68. The first-order valence-electron chi connectivity index (χ1n) is 9.13. The van der Waals surface area contributed by atoms with Gasteiger partial charge in [0.1, 0.15) is 11.6 Å². The van der Waals surface area contributed by atoms with Gasteiger partial charge in [-0.15, -0.1) is 11.3 Å². The highest BCUT2D eigenvalue weighted by atomic mass is 32.1. The minimum absolute atomic E-state index is 0.130. The lowest BCUT2D eigenvalue weighted by Crippen LogP contribution is -2.37. The maximum Gasteiger partial charge on any atom is 0.260 e. The molecule has 1 unspecified atom stereocenters. The normalized spacial score (nSPS) is 13.6. The topological polar surface area (TPSA) is 95.5 Å². The Morgan fingerprint density at radius 3 is 2.93 bits per heavy atom. The van der Waals surface area contributed by atoms with Crippen molar-refractivity contribution in [2.45, 2.75) is 25.8 Å². The van der Waals surface area contributed by atoms with Crippen LogP contribution in [0.3, 0.4) is 0 Å². The predicted octanol–water partition coefficient (Wildman–Crippen LogP) is 2.86. The largest absolute Gasteiger partial charge is 0.327 e. The van der Waals surface area contributed by atoms with Crippen LogP contribution in [0.5, 0.6) is 0 Å². The minimum Gasteiger partial charge on any atom is -0.327 e. The third kappa shape index (κ3) is 3.23. The highest BCUT2D eigenvalue weighted by Gasteiger charge is 2.35. The van der Waals surface area contributed by atoms with E-state index in [4.69, 9.17) is 0 Å². The Morgan fingerprint density at radius 1 is 1.38 bits per heavy atom. The van der Waals surface area contributed by atoms with Crippen molar-refractivity contribution in [3.63, 3.8) is 0 Å². The van der Waals surface area contributed by atoms with Crippen LogP contribution in [0.4, 0.5) is 17.3 Å². The number of carbonyl (C=O) groups is 3. The Labute approximate surface area is 171 Å². The average molecular weight is 409 g/mol. The molecule has 0 spiro atoms. The smallest absolute Gasteiger partial charge is 0.260 e. The van der Waals surface area contributed by atoms with Gasteiger partial charge in [-0.2, -0.15) is 0 Å². The van der Waals surface area contributed by atoms with Crippen LogP contribution < -0.4 is 15.1 Å². The van der Waals surface area contributed by atoms with Crippen LogP contribution in [0.1, 0.15) is 30.1 Å². The van der Waals surface area contributed by atoms with Crippen molar-refractivity contribution in [1.82, 2.24) is 15.3 Å². The van der Waals surface area contributed by atoms with Gasteiger partial charge in [-0.05, 0) is 19.4 Å². The number of hydrogen-bond acceptors (Lipinski definition) is 7. The zero-order valence-electron chi connectivity index (χ0n) is 16.0. The Hall–Kier alpha value is -3.33. The number of carbonyl (C=O) groups excluding carboxylic acids is 3. The quantitative estimate of drug-likeness (QED) is 0.603. The van der Waals surface area contributed by atoms with Crippen molar-refractivity contribution >= 4 is 57.7 Å². The first-order chi connectivity index (χ1) is 14.0. The molecule has 1 N–H and O–H groups in total. The summed E-state index contributed by atoms with van der Waals surface area (Å²) in [5, 5.41) is 5.80. The Bertz CT molecular complexity index is 1100. The SMILES string of the molecule is CC(CCC(=O)NC=O)N1C(=O)c2cccc3c(N(C)c4cscn4)cnc1c23. The fraction of sp³-hybridized carbons (Fsp3) is 0.250. The van der Waals surface area contributed by atoms with E-state index < -0.39 is 0 Å². The van der Waals surface area contributed by atoms with Gasteiger partial charge in [0.2, 0.25) is 12.3 Å². The van der Waals surface area contributed by atoms with E-state index in [0.29, 0.717) is 24.2 Å². The monoisotopic (exact) mass is 409 g/mol. The summed E-state index contributed by atoms with van der Waals surface area (Å²) in [7, 11) is 1.92. The minimum atomic E-state index is -0.366. The summed E-state index contributed by atoms with van der Waals surface area (Å²) >= 11 is 1.51. The molecular formula is C20H19N5O3S. The molecule has 29 heavy (non-hydrogen) atoms. The molecule has 0 bridgehead atoms. The molecule has 1 aliphatic rings. The molecule has 3 amide bonds. The number of anilines is 3. The number of benzene rings is 1. The first kappa shape index (κ1) is 19.0. The van der Waals surface area contributed by atoms with Crippen molar-refractivity contribution in [3.05, 3.63) is 40.8 Å². The third-order valence-corrected chi connectivity index (χ3v) is 5.70. The summed E-state index contributed by atoms with van der Waals surface area (Å²) in [6, 6.07) is 5.39. The number of amides is 3.